The van der Waals surface area contributed by atoms with Gasteiger partial charge < -0.3 is 15.4 Å². The molecule has 0 aliphatic heterocycles. The standard InChI is InChI=1S/C17H27ClN2O2/c1-5-8-14(12-20-16(21)22-17(2,3)4)19-11-13-9-6-7-10-15(13)18/h6-7,9-10,14,19H,5,8,11-12H2,1-4H3,(H,20,21). The molecule has 1 rings (SSSR count). The number of rotatable bonds is 7. The molecule has 124 valence electrons. The molecule has 1 atom stereocenters. The second-order valence-electron chi connectivity index (χ2n) is 6.34. The molecular weight excluding hydrogens is 300 g/mol. The summed E-state index contributed by atoms with van der Waals surface area (Å²) in [4.78, 5) is 11.7. The molecule has 0 aliphatic rings. The molecule has 0 aromatic heterocycles. The van der Waals surface area contributed by atoms with Crippen LogP contribution < -0.4 is 10.6 Å². The first kappa shape index (κ1) is 18.8. The van der Waals surface area contributed by atoms with Gasteiger partial charge in [0.25, 0.3) is 0 Å². The van der Waals surface area contributed by atoms with E-state index in [2.05, 4.69) is 17.6 Å². The van der Waals surface area contributed by atoms with Gasteiger partial charge in [-0.15, -0.1) is 0 Å². The van der Waals surface area contributed by atoms with Crippen molar-refractivity contribution in [2.75, 3.05) is 6.54 Å². The Kier molecular flexibility index (Phi) is 7.69. The largest absolute Gasteiger partial charge is 0.444 e. The molecule has 2 N–H and O–H groups in total. The Bertz CT molecular complexity index is 472. The molecule has 0 saturated heterocycles. The van der Waals surface area contributed by atoms with Gasteiger partial charge in [-0.25, -0.2) is 4.79 Å². The van der Waals surface area contributed by atoms with Crippen molar-refractivity contribution in [3.05, 3.63) is 34.9 Å². The molecule has 22 heavy (non-hydrogen) atoms. The van der Waals surface area contributed by atoms with E-state index in [-0.39, 0.29) is 12.1 Å². The number of halogens is 1. The Morgan fingerprint density at radius 1 is 1.32 bits per heavy atom. The minimum Gasteiger partial charge on any atom is -0.444 e. The van der Waals surface area contributed by atoms with E-state index in [9.17, 15) is 4.79 Å². The van der Waals surface area contributed by atoms with Crippen LogP contribution in [0.5, 0.6) is 0 Å². The van der Waals surface area contributed by atoms with E-state index >= 15 is 0 Å². The van der Waals surface area contributed by atoms with Crippen molar-refractivity contribution in [3.63, 3.8) is 0 Å². The second-order valence-corrected chi connectivity index (χ2v) is 6.75. The topological polar surface area (TPSA) is 50.4 Å². The van der Waals surface area contributed by atoms with Crippen LogP contribution in [-0.4, -0.2) is 24.3 Å². The highest BCUT2D eigenvalue weighted by Gasteiger charge is 2.17. The predicted octanol–water partition coefficient (Wildman–Crippen LogP) is 4.12. The number of nitrogens with one attached hydrogen (secondary N) is 2. The van der Waals surface area contributed by atoms with Crippen molar-refractivity contribution >= 4 is 17.7 Å². The quantitative estimate of drug-likeness (QED) is 0.792. The third kappa shape index (κ3) is 7.66. The number of benzene rings is 1. The average molecular weight is 327 g/mol. The zero-order valence-corrected chi connectivity index (χ0v) is 14.7. The van der Waals surface area contributed by atoms with Gasteiger partial charge in [-0.1, -0.05) is 43.1 Å². The van der Waals surface area contributed by atoms with Crippen molar-refractivity contribution < 1.29 is 9.53 Å². The van der Waals surface area contributed by atoms with Gasteiger partial charge in [0.1, 0.15) is 5.60 Å². The summed E-state index contributed by atoms with van der Waals surface area (Å²) in [5, 5.41) is 7.01. The maximum Gasteiger partial charge on any atom is 0.407 e. The fourth-order valence-electron chi connectivity index (χ4n) is 2.04. The van der Waals surface area contributed by atoms with Gasteiger partial charge in [0.05, 0.1) is 0 Å². The summed E-state index contributed by atoms with van der Waals surface area (Å²) in [5.41, 5.74) is 0.581. The molecule has 4 nitrogen and oxygen atoms in total. The number of carbonyl (C=O) groups excluding carboxylic acids is 1. The molecule has 0 heterocycles. The molecule has 5 heteroatoms. The predicted molar refractivity (Wildman–Crippen MR) is 91.2 cm³/mol. The number of amides is 1. The zero-order valence-electron chi connectivity index (χ0n) is 13.9. The van der Waals surface area contributed by atoms with E-state index in [1.807, 2.05) is 45.0 Å². The number of ether oxygens (including phenoxy) is 1. The summed E-state index contributed by atoms with van der Waals surface area (Å²) in [5.74, 6) is 0. The van der Waals surface area contributed by atoms with Gasteiger partial charge in [0.2, 0.25) is 0 Å². The summed E-state index contributed by atoms with van der Waals surface area (Å²) in [6, 6.07) is 7.95. The molecule has 0 radical (unpaired) electrons. The third-order valence-electron chi connectivity index (χ3n) is 3.07. The fraction of sp³-hybridized carbons (Fsp3) is 0.588. The SMILES string of the molecule is CCCC(CNC(=O)OC(C)(C)C)NCc1ccccc1Cl. The lowest BCUT2D eigenvalue weighted by molar-refractivity contribution is 0.0521. The number of carbonyl (C=O) groups is 1. The van der Waals surface area contributed by atoms with Crippen LogP contribution in [0.2, 0.25) is 5.02 Å². The van der Waals surface area contributed by atoms with Crippen molar-refractivity contribution in [3.8, 4) is 0 Å². The van der Waals surface area contributed by atoms with Crippen LogP contribution in [0.25, 0.3) is 0 Å². The zero-order chi connectivity index (χ0) is 16.6. The van der Waals surface area contributed by atoms with Crippen LogP contribution >= 0.6 is 11.6 Å². The molecule has 1 aromatic carbocycles. The summed E-state index contributed by atoms with van der Waals surface area (Å²) >= 11 is 6.16. The van der Waals surface area contributed by atoms with Gasteiger partial charge in [0, 0.05) is 24.2 Å². The number of alkyl carbamates (subject to hydrolysis) is 1. The number of hydrogen-bond donors (Lipinski definition) is 2. The fourth-order valence-corrected chi connectivity index (χ4v) is 2.24. The van der Waals surface area contributed by atoms with Crippen LogP contribution in [-0.2, 0) is 11.3 Å². The van der Waals surface area contributed by atoms with E-state index in [1.54, 1.807) is 0 Å². The monoisotopic (exact) mass is 326 g/mol. The van der Waals surface area contributed by atoms with Crippen LogP contribution in [0.15, 0.2) is 24.3 Å². The molecule has 1 unspecified atom stereocenters. The Morgan fingerprint density at radius 2 is 2.00 bits per heavy atom. The Morgan fingerprint density at radius 3 is 2.59 bits per heavy atom. The normalized spacial score (nSPS) is 12.8. The molecule has 0 bridgehead atoms. The molecule has 1 amide bonds. The Labute approximate surface area is 138 Å². The van der Waals surface area contributed by atoms with Crippen molar-refractivity contribution in [2.24, 2.45) is 0 Å². The van der Waals surface area contributed by atoms with E-state index < -0.39 is 5.60 Å². The smallest absolute Gasteiger partial charge is 0.407 e. The summed E-state index contributed by atoms with van der Waals surface area (Å²) in [7, 11) is 0. The highest BCUT2D eigenvalue weighted by molar-refractivity contribution is 6.31. The minimum atomic E-state index is -0.477. The number of hydrogen-bond acceptors (Lipinski definition) is 3. The molecule has 0 fully saturated rings. The maximum atomic E-state index is 11.7. The minimum absolute atomic E-state index is 0.189. The highest BCUT2D eigenvalue weighted by atomic mass is 35.5. The summed E-state index contributed by atoms with van der Waals surface area (Å²) in [6.07, 6.45) is 1.63. The third-order valence-corrected chi connectivity index (χ3v) is 3.44. The molecule has 0 spiro atoms. The lowest BCUT2D eigenvalue weighted by atomic mass is 10.1. The second kappa shape index (κ2) is 9.01. The van der Waals surface area contributed by atoms with Gasteiger partial charge in [-0.2, -0.15) is 0 Å². The first-order valence-electron chi connectivity index (χ1n) is 7.75. The lowest BCUT2D eigenvalue weighted by Crippen LogP contribution is -2.42. The van der Waals surface area contributed by atoms with Crippen molar-refractivity contribution in [1.29, 1.82) is 0 Å². The van der Waals surface area contributed by atoms with E-state index in [1.165, 1.54) is 0 Å². The van der Waals surface area contributed by atoms with E-state index in [0.717, 1.165) is 23.4 Å². The van der Waals surface area contributed by atoms with Gasteiger partial charge >= 0.3 is 6.09 Å². The lowest BCUT2D eigenvalue weighted by Gasteiger charge is -2.22. The van der Waals surface area contributed by atoms with Crippen LogP contribution in [0.3, 0.4) is 0 Å². The molecule has 0 aliphatic carbocycles. The van der Waals surface area contributed by atoms with Crippen LogP contribution in [0.1, 0.15) is 46.1 Å². The van der Waals surface area contributed by atoms with Gasteiger partial charge in [-0.3, -0.25) is 0 Å². The highest BCUT2D eigenvalue weighted by Crippen LogP contribution is 2.14. The Balaban J connectivity index is 2.45. The summed E-state index contributed by atoms with van der Waals surface area (Å²) in [6.45, 7) is 8.90. The van der Waals surface area contributed by atoms with Gasteiger partial charge in [-0.05, 0) is 38.8 Å². The molecule has 1 aromatic rings. The molecular formula is C17H27ClN2O2. The summed E-state index contributed by atoms with van der Waals surface area (Å²) < 4.78 is 5.25. The Hall–Kier alpha value is -1.26. The van der Waals surface area contributed by atoms with Gasteiger partial charge in [0.15, 0.2) is 0 Å². The molecule has 0 saturated carbocycles. The van der Waals surface area contributed by atoms with Crippen molar-refractivity contribution in [1.82, 2.24) is 10.6 Å². The average Bonchev–Trinajstić information content (AvgIpc) is 2.41. The van der Waals surface area contributed by atoms with E-state index in [0.29, 0.717) is 13.1 Å². The van der Waals surface area contributed by atoms with Crippen molar-refractivity contribution in [2.45, 2.75) is 58.7 Å². The van der Waals surface area contributed by atoms with Crippen LogP contribution in [0, 0.1) is 0 Å². The first-order valence-corrected chi connectivity index (χ1v) is 8.13. The van der Waals surface area contributed by atoms with E-state index in [4.69, 9.17) is 16.3 Å². The van der Waals surface area contributed by atoms with Crippen LogP contribution in [0.4, 0.5) is 4.79 Å². The first-order chi connectivity index (χ1) is 10.3. The maximum absolute atomic E-state index is 11.7.